The third-order valence-electron chi connectivity index (χ3n) is 11.6. The molecular formula is C49H57F2N11O5. The highest BCUT2D eigenvalue weighted by Crippen LogP contribution is 2.41. The lowest BCUT2D eigenvalue weighted by Crippen LogP contribution is -2.33. The van der Waals surface area contributed by atoms with Gasteiger partial charge in [0.1, 0.15) is 48.5 Å². The number of aromatic nitrogens is 6. The number of halogens is 2. The number of benzene rings is 2. The topological polar surface area (TPSA) is 198 Å². The summed E-state index contributed by atoms with van der Waals surface area (Å²) in [5, 5.41) is 18.3. The number of piperidine rings is 1. The molecule has 2 fully saturated rings. The van der Waals surface area contributed by atoms with Crippen molar-refractivity contribution in [3.05, 3.63) is 119 Å². The maximum absolute atomic E-state index is 15.1. The van der Waals surface area contributed by atoms with Crippen LogP contribution in [-0.2, 0) is 17.8 Å². The van der Waals surface area contributed by atoms with Crippen molar-refractivity contribution in [1.82, 2.24) is 34.4 Å². The molecule has 1 saturated carbocycles. The summed E-state index contributed by atoms with van der Waals surface area (Å²) < 4.78 is 43.7. The number of hydrogen-bond acceptors (Lipinski definition) is 13. The molecule has 0 spiro atoms. The summed E-state index contributed by atoms with van der Waals surface area (Å²) in [5.74, 6) is 0.0729. The third kappa shape index (κ3) is 11.6. The molecule has 1 aliphatic heterocycles. The Balaban J connectivity index is 0.00000216. The number of ether oxygens (including phenoxy) is 2. The molecule has 4 aromatic heterocycles. The van der Waals surface area contributed by atoms with E-state index >= 15 is 4.39 Å². The molecule has 8 rings (SSSR count). The van der Waals surface area contributed by atoms with Crippen molar-refractivity contribution in [2.24, 2.45) is 0 Å². The molecule has 0 radical (unpaired) electrons. The molecule has 352 valence electrons. The highest BCUT2D eigenvalue weighted by molar-refractivity contribution is 6.05. The highest BCUT2D eigenvalue weighted by Gasteiger charge is 2.26. The van der Waals surface area contributed by atoms with Crippen LogP contribution >= 0.6 is 0 Å². The minimum atomic E-state index is -0.721. The molecule has 1 saturated heterocycles. The molecule has 2 aromatic carbocycles. The fourth-order valence-electron chi connectivity index (χ4n) is 7.68. The van der Waals surface area contributed by atoms with Gasteiger partial charge in [0.15, 0.2) is 17.2 Å². The average Bonchev–Trinajstić information content (AvgIpc) is 4.10. The number of anilines is 4. The Morgan fingerprint density at radius 2 is 1.78 bits per heavy atom. The van der Waals surface area contributed by atoms with Crippen LogP contribution in [0.15, 0.2) is 79.4 Å². The highest BCUT2D eigenvalue weighted by atomic mass is 19.1. The van der Waals surface area contributed by atoms with Crippen LogP contribution in [0.25, 0.3) is 16.9 Å². The molecular weight excluding hydrogens is 861 g/mol. The second-order valence-electron chi connectivity index (χ2n) is 16.5. The number of aryl methyl sites for hydroxylation is 1. The molecule has 67 heavy (non-hydrogen) atoms. The number of carbonyl (C=O) groups excluding carboxylic acids is 2. The normalized spacial score (nSPS) is 13.4. The van der Waals surface area contributed by atoms with E-state index in [2.05, 4.69) is 55.2 Å². The maximum Gasteiger partial charge on any atom is 0.258 e. The Morgan fingerprint density at radius 3 is 2.48 bits per heavy atom. The van der Waals surface area contributed by atoms with Crippen molar-refractivity contribution in [1.29, 1.82) is 0 Å². The Labute approximate surface area is 388 Å². The SMILES string of the molecule is C=C(COc1ccc(CNc2cc(N3CCCCC3)nc3c(CC)cnn23)cn1)C(=O)N(C)CCOc1c(N)ncnc1-c1cc(F)cc(NC(=O)c2ccc(C3CC3)cc2F)c1C.CCO. The minimum absolute atomic E-state index is 0.0155. The summed E-state index contributed by atoms with van der Waals surface area (Å²) in [6.07, 6.45) is 11.2. The van der Waals surface area contributed by atoms with E-state index in [4.69, 9.17) is 25.3 Å². The fourth-order valence-corrected chi connectivity index (χ4v) is 7.68. The summed E-state index contributed by atoms with van der Waals surface area (Å²) in [4.78, 5) is 47.9. The number of nitrogens with zero attached hydrogens (tertiary/aromatic N) is 8. The molecule has 16 nitrogen and oxygen atoms in total. The zero-order chi connectivity index (χ0) is 47.6. The molecule has 1 aliphatic carbocycles. The number of likely N-dealkylation sites (N-methyl/N-ethyl adjacent to an activating group) is 1. The van der Waals surface area contributed by atoms with Crippen LogP contribution in [0.4, 0.5) is 31.9 Å². The summed E-state index contributed by atoms with van der Waals surface area (Å²) in [6.45, 7) is 12.1. The predicted molar refractivity (Wildman–Crippen MR) is 253 cm³/mol. The number of fused-ring (bicyclic) bond motifs is 1. The van der Waals surface area contributed by atoms with Gasteiger partial charge in [-0.2, -0.15) is 9.61 Å². The van der Waals surface area contributed by atoms with E-state index in [1.807, 2.05) is 16.8 Å². The van der Waals surface area contributed by atoms with Crippen LogP contribution in [0.1, 0.15) is 84.5 Å². The van der Waals surface area contributed by atoms with E-state index in [1.165, 1.54) is 35.8 Å². The van der Waals surface area contributed by atoms with E-state index in [9.17, 15) is 14.0 Å². The molecule has 5 heterocycles. The van der Waals surface area contributed by atoms with Gasteiger partial charge in [0, 0.05) is 74.0 Å². The number of rotatable bonds is 17. The lowest BCUT2D eigenvalue weighted by Gasteiger charge is -2.28. The van der Waals surface area contributed by atoms with Crippen molar-refractivity contribution < 1.29 is 33.0 Å². The molecule has 0 bridgehead atoms. The van der Waals surface area contributed by atoms with Crippen molar-refractivity contribution in [3.8, 4) is 22.9 Å². The van der Waals surface area contributed by atoms with Crippen LogP contribution < -0.4 is 30.7 Å². The number of nitrogen functional groups attached to an aromatic ring is 1. The summed E-state index contributed by atoms with van der Waals surface area (Å²) in [7, 11) is 1.59. The molecule has 0 unspecified atom stereocenters. The van der Waals surface area contributed by atoms with Crippen molar-refractivity contribution in [2.45, 2.75) is 71.8 Å². The van der Waals surface area contributed by atoms with Crippen LogP contribution in [0.3, 0.4) is 0 Å². The standard InChI is InChI=1S/C47H51F2N11O4.C2H6O/c1-5-31-25-55-60-39(22-40(57-45(31)60)59-15-7-6-8-16-59)51-23-30-9-14-41(52-24-30)64-26-28(2)47(62)58(4)17-18-63-43-42(53-27-54-44(43)50)36-20-34(48)21-38(29(36)3)56-46(61)35-13-12-33(19-37(35)49)32-10-11-32;1-2-3/h9,12-14,19-22,24-25,27,32,51H,2,5-8,10-11,15-18,23,26H2,1,3-4H3,(H,56,61)(H2,50,53,54);3H,2H2,1H3. The van der Waals surface area contributed by atoms with E-state index in [0.29, 0.717) is 23.9 Å². The first-order chi connectivity index (χ1) is 32.4. The van der Waals surface area contributed by atoms with E-state index in [0.717, 1.165) is 85.2 Å². The van der Waals surface area contributed by atoms with Gasteiger partial charge in [-0.1, -0.05) is 25.6 Å². The van der Waals surface area contributed by atoms with Crippen molar-refractivity contribution >= 4 is 40.6 Å². The van der Waals surface area contributed by atoms with Gasteiger partial charge in [-0.15, -0.1) is 0 Å². The van der Waals surface area contributed by atoms with Crippen LogP contribution in [-0.4, -0.2) is 97.9 Å². The van der Waals surface area contributed by atoms with E-state index < -0.39 is 17.5 Å². The number of nitrogens with two attached hydrogens (primary N) is 1. The molecule has 2 amide bonds. The number of pyridine rings is 1. The Morgan fingerprint density at radius 1 is 1.00 bits per heavy atom. The zero-order valence-corrected chi connectivity index (χ0v) is 38.3. The quantitative estimate of drug-likeness (QED) is 0.0657. The Hall–Kier alpha value is -7.21. The van der Waals surface area contributed by atoms with E-state index in [1.54, 1.807) is 39.2 Å². The van der Waals surface area contributed by atoms with Crippen molar-refractivity contribution in [3.63, 3.8) is 0 Å². The second-order valence-corrected chi connectivity index (χ2v) is 16.5. The maximum atomic E-state index is 15.1. The van der Waals surface area contributed by atoms with Crippen LogP contribution in [0.5, 0.6) is 11.6 Å². The van der Waals surface area contributed by atoms with Gasteiger partial charge in [-0.3, -0.25) is 9.59 Å². The van der Waals surface area contributed by atoms with Gasteiger partial charge in [-0.25, -0.2) is 28.7 Å². The van der Waals surface area contributed by atoms with Gasteiger partial charge in [0.25, 0.3) is 11.8 Å². The number of nitrogens with one attached hydrogen (secondary N) is 2. The molecule has 18 heteroatoms. The minimum Gasteiger partial charge on any atom is -0.486 e. The fraction of sp³-hybridized carbons (Fsp3) is 0.367. The molecule has 0 atom stereocenters. The number of aliphatic hydroxyl groups excluding tert-OH is 1. The average molecular weight is 918 g/mol. The van der Waals surface area contributed by atoms with E-state index in [-0.39, 0.29) is 71.9 Å². The van der Waals surface area contributed by atoms with Gasteiger partial charge in [-0.05, 0) is 99.2 Å². The van der Waals surface area contributed by atoms with Gasteiger partial charge < -0.3 is 40.7 Å². The van der Waals surface area contributed by atoms with Crippen LogP contribution in [0, 0.1) is 18.6 Å². The van der Waals surface area contributed by atoms with Crippen molar-refractivity contribution in [2.75, 3.05) is 67.8 Å². The Kier molecular flexibility index (Phi) is 15.6. The zero-order valence-electron chi connectivity index (χ0n) is 38.3. The third-order valence-corrected chi connectivity index (χ3v) is 11.6. The monoisotopic (exact) mass is 917 g/mol. The molecule has 6 aromatic rings. The number of aliphatic hydroxyl groups is 1. The van der Waals surface area contributed by atoms with Crippen LogP contribution in [0.2, 0.25) is 0 Å². The predicted octanol–water partition coefficient (Wildman–Crippen LogP) is 7.52. The number of carbonyl (C=O) groups is 2. The smallest absolute Gasteiger partial charge is 0.258 e. The van der Waals surface area contributed by atoms with Gasteiger partial charge >= 0.3 is 0 Å². The lowest BCUT2D eigenvalue weighted by atomic mass is 10.0. The summed E-state index contributed by atoms with van der Waals surface area (Å²) in [6, 6.07) is 12.6. The van der Waals surface area contributed by atoms with Gasteiger partial charge in [0.2, 0.25) is 5.88 Å². The molecule has 5 N–H and O–H groups in total. The second kappa shape index (κ2) is 21.9. The summed E-state index contributed by atoms with van der Waals surface area (Å²) >= 11 is 0. The Bertz CT molecular complexity index is 2720. The number of hydrogen-bond donors (Lipinski definition) is 4. The number of amides is 2. The first-order valence-corrected chi connectivity index (χ1v) is 22.5. The summed E-state index contributed by atoms with van der Waals surface area (Å²) in [5.41, 5.74) is 11.0. The largest absolute Gasteiger partial charge is 0.486 e. The van der Waals surface area contributed by atoms with Gasteiger partial charge in [0.05, 0.1) is 18.3 Å². The first kappa shape index (κ1) is 47.7. The molecule has 2 aliphatic rings. The first-order valence-electron chi connectivity index (χ1n) is 22.5. The lowest BCUT2D eigenvalue weighted by molar-refractivity contribution is -0.126.